The summed E-state index contributed by atoms with van der Waals surface area (Å²) >= 11 is 5.99. The third kappa shape index (κ3) is 3.98. The first-order valence-electron chi connectivity index (χ1n) is 8.36. The quantitative estimate of drug-likeness (QED) is 0.462. The maximum Gasteiger partial charge on any atom is 0.354 e. The topological polar surface area (TPSA) is 84.2 Å². The lowest BCUT2D eigenvalue weighted by Gasteiger charge is -2.22. The fraction of sp³-hybridized carbons (Fsp3) is 0.158. The van der Waals surface area contributed by atoms with Gasteiger partial charge >= 0.3 is 5.69 Å². The van der Waals surface area contributed by atoms with Gasteiger partial charge < -0.3 is 10.2 Å². The third-order valence-corrected chi connectivity index (χ3v) is 4.30. The van der Waals surface area contributed by atoms with Crippen LogP contribution in [0.15, 0.2) is 54.9 Å². The van der Waals surface area contributed by atoms with Crippen LogP contribution in [-0.4, -0.2) is 21.4 Å². The Morgan fingerprint density at radius 1 is 1.19 bits per heavy atom. The summed E-state index contributed by atoms with van der Waals surface area (Å²) in [5, 5.41) is 15.5. The average Bonchev–Trinajstić information content (AvgIpc) is 2.65. The molecule has 0 aliphatic carbocycles. The molecule has 2 aromatic carbocycles. The predicted octanol–water partition coefficient (Wildman–Crippen LogP) is 5.25. The first-order valence-corrected chi connectivity index (χ1v) is 8.74. The van der Waals surface area contributed by atoms with Crippen LogP contribution in [0, 0.1) is 17.0 Å². The van der Waals surface area contributed by atoms with Crippen molar-refractivity contribution in [1.29, 1.82) is 0 Å². The molecule has 138 valence electrons. The van der Waals surface area contributed by atoms with Gasteiger partial charge in [-0.1, -0.05) is 29.8 Å². The normalized spacial score (nSPS) is 10.5. The van der Waals surface area contributed by atoms with E-state index in [4.69, 9.17) is 11.6 Å². The highest BCUT2D eigenvalue weighted by molar-refractivity contribution is 6.30. The van der Waals surface area contributed by atoms with Crippen LogP contribution in [0.2, 0.25) is 5.02 Å². The van der Waals surface area contributed by atoms with Crippen LogP contribution in [-0.2, 0) is 0 Å². The monoisotopic (exact) mass is 383 g/mol. The van der Waals surface area contributed by atoms with Gasteiger partial charge in [0.25, 0.3) is 0 Å². The number of nitrogens with zero attached hydrogens (tertiary/aromatic N) is 4. The molecule has 0 aliphatic heterocycles. The van der Waals surface area contributed by atoms with Crippen LogP contribution in [0.3, 0.4) is 0 Å². The summed E-state index contributed by atoms with van der Waals surface area (Å²) < 4.78 is 0. The van der Waals surface area contributed by atoms with E-state index in [2.05, 4.69) is 15.3 Å². The first-order chi connectivity index (χ1) is 13.0. The van der Waals surface area contributed by atoms with E-state index in [0.29, 0.717) is 17.3 Å². The van der Waals surface area contributed by atoms with E-state index in [-0.39, 0.29) is 17.3 Å². The zero-order valence-corrected chi connectivity index (χ0v) is 15.6. The summed E-state index contributed by atoms with van der Waals surface area (Å²) in [6.07, 6.45) is 1.32. The zero-order valence-electron chi connectivity index (χ0n) is 14.9. The van der Waals surface area contributed by atoms with Crippen LogP contribution in [0.1, 0.15) is 12.5 Å². The van der Waals surface area contributed by atoms with Crippen molar-refractivity contribution in [2.45, 2.75) is 13.8 Å². The standard InChI is InChI=1S/C19H18ClN5O2/c1-3-24(15-7-5-4-6-8-15)19-17(25(26)27)18(21-12-22-19)23-16-10-9-14(20)11-13(16)2/h4-12H,3H2,1-2H3,(H,21,22,23). The van der Waals surface area contributed by atoms with Gasteiger partial charge in [0, 0.05) is 22.9 Å². The van der Waals surface area contributed by atoms with Gasteiger partial charge in [0.05, 0.1) is 4.92 Å². The molecule has 0 atom stereocenters. The van der Waals surface area contributed by atoms with Gasteiger partial charge in [0.15, 0.2) is 0 Å². The number of halogens is 1. The highest BCUT2D eigenvalue weighted by atomic mass is 35.5. The fourth-order valence-corrected chi connectivity index (χ4v) is 3.01. The molecule has 8 heteroatoms. The van der Waals surface area contributed by atoms with Crippen molar-refractivity contribution in [1.82, 2.24) is 9.97 Å². The number of benzene rings is 2. The average molecular weight is 384 g/mol. The Hall–Kier alpha value is -3.19. The SMILES string of the molecule is CCN(c1ccccc1)c1ncnc(Nc2ccc(Cl)cc2C)c1[N+](=O)[O-]. The van der Waals surface area contributed by atoms with Gasteiger partial charge in [-0.15, -0.1) is 0 Å². The lowest BCUT2D eigenvalue weighted by molar-refractivity contribution is -0.383. The van der Waals surface area contributed by atoms with Crippen molar-refractivity contribution in [2.24, 2.45) is 0 Å². The molecule has 0 unspecified atom stereocenters. The molecular formula is C19H18ClN5O2. The Bertz CT molecular complexity index is 966. The minimum absolute atomic E-state index is 0.129. The summed E-state index contributed by atoms with van der Waals surface area (Å²) in [7, 11) is 0. The van der Waals surface area contributed by atoms with E-state index >= 15 is 0 Å². The fourth-order valence-electron chi connectivity index (χ4n) is 2.78. The second kappa shape index (κ2) is 8.01. The second-order valence-corrected chi connectivity index (χ2v) is 6.25. The molecule has 0 amide bonds. The number of rotatable bonds is 6. The molecular weight excluding hydrogens is 366 g/mol. The van der Waals surface area contributed by atoms with Gasteiger partial charge in [0.2, 0.25) is 11.6 Å². The summed E-state index contributed by atoms with van der Waals surface area (Å²) in [4.78, 5) is 21.5. The van der Waals surface area contributed by atoms with Crippen molar-refractivity contribution >= 4 is 40.3 Å². The number of nitro groups is 1. The van der Waals surface area contributed by atoms with E-state index in [0.717, 1.165) is 11.3 Å². The van der Waals surface area contributed by atoms with Gasteiger partial charge in [-0.25, -0.2) is 9.97 Å². The van der Waals surface area contributed by atoms with Crippen LogP contribution in [0.5, 0.6) is 0 Å². The minimum Gasteiger partial charge on any atom is -0.334 e. The third-order valence-electron chi connectivity index (χ3n) is 4.07. The number of hydrogen-bond acceptors (Lipinski definition) is 6. The van der Waals surface area contributed by atoms with Crippen molar-refractivity contribution in [2.75, 3.05) is 16.8 Å². The van der Waals surface area contributed by atoms with Crippen molar-refractivity contribution in [3.8, 4) is 0 Å². The molecule has 0 bridgehead atoms. The van der Waals surface area contributed by atoms with Crippen molar-refractivity contribution in [3.05, 3.63) is 75.6 Å². The Labute approximate surface area is 161 Å². The largest absolute Gasteiger partial charge is 0.354 e. The molecule has 1 aromatic heterocycles. The number of hydrogen-bond donors (Lipinski definition) is 1. The Morgan fingerprint density at radius 2 is 1.93 bits per heavy atom. The number of aromatic nitrogens is 2. The number of para-hydroxylation sites is 1. The molecule has 0 aliphatic rings. The van der Waals surface area contributed by atoms with Crippen LogP contribution in [0.25, 0.3) is 0 Å². The van der Waals surface area contributed by atoms with E-state index in [1.807, 2.05) is 44.2 Å². The zero-order chi connectivity index (χ0) is 19.4. The summed E-state index contributed by atoms with van der Waals surface area (Å²) in [6.45, 7) is 4.29. The molecule has 0 spiro atoms. The molecule has 1 heterocycles. The maximum absolute atomic E-state index is 11.9. The highest BCUT2D eigenvalue weighted by Gasteiger charge is 2.27. The van der Waals surface area contributed by atoms with Crippen LogP contribution < -0.4 is 10.2 Å². The smallest absolute Gasteiger partial charge is 0.334 e. The van der Waals surface area contributed by atoms with E-state index in [1.54, 1.807) is 23.1 Å². The second-order valence-electron chi connectivity index (χ2n) is 5.82. The lowest BCUT2D eigenvalue weighted by atomic mass is 10.2. The molecule has 3 rings (SSSR count). The molecule has 0 saturated carbocycles. The number of nitrogens with one attached hydrogen (secondary N) is 1. The van der Waals surface area contributed by atoms with Gasteiger partial charge in [-0.05, 0) is 49.7 Å². The minimum atomic E-state index is -0.464. The lowest BCUT2D eigenvalue weighted by Crippen LogP contribution is -2.19. The predicted molar refractivity (Wildman–Crippen MR) is 107 cm³/mol. The molecule has 1 N–H and O–H groups in total. The highest BCUT2D eigenvalue weighted by Crippen LogP contribution is 2.37. The molecule has 3 aromatic rings. The van der Waals surface area contributed by atoms with Gasteiger partial charge in [0.1, 0.15) is 6.33 Å². The summed E-state index contributed by atoms with van der Waals surface area (Å²) in [5.74, 6) is 0.364. The van der Waals surface area contributed by atoms with Crippen molar-refractivity contribution < 1.29 is 4.92 Å². The summed E-state index contributed by atoms with van der Waals surface area (Å²) in [6, 6.07) is 14.7. The molecule has 0 fully saturated rings. The van der Waals surface area contributed by atoms with E-state index < -0.39 is 4.92 Å². The van der Waals surface area contributed by atoms with E-state index in [1.165, 1.54) is 6.33 Å². The Balaban J connectivity index is 2.08. The summed E-state index contributed by atoms with van der Waals surface area (Å²) in [5.41, 5.74) is 2.18. The molecule has 0 radical (unpaired) electrons. The molecule has 0 saturated heterocycles. The van der Waals surface area contributed by atoms with Gasteiger partial charge in [-0.2, -0.15) is 0 Å². The first kappa shape index (κ1) is 18.6. The van der Waals surface area contributed by atoms with Gasteiger partial charge in [-0.3, -0.25) is 10.1 Å². The maximum atomic E-state index is 11.9. The van der Waals surface area contributed by atoms with E-state index in [9.17, 15) is 10.1 Å². The molecule has 7 nitrogen and oxygen atoms in total. The van der Waals surface area contributed by atoms with Crippen molar-refractivity contribution in [3.63, 3.8) is 0 Å². The van der Waals surface area contributed by atoms with Crippen LogP contribution in [0.4, 0.5) is 28.7 Å². The van der Waals surface area contributed by atoms with Crippen LogP contribution >= 0.6 is 11.6 Å². The molecule has 27 heavy (non-hydrogen) atoms. The Morgan fingerprint density at radius 3 is 2.56 bits per heavy atom. The number of aryl methyl sites for hydroxylation is 1. The Kier molecular flexibility index (Phi) is 5.52. The number of anilines is 4.